The topological polar surface area (TPSA) is 41.1 Å². The third-order valence-corrected chi connectivity index (χ3v) is 4.89. The highest BCUT2D eigenvalue weighted by molar-refractivity contribution is 5.84. The number of hydrogen-bond acceptors (Lipinski definition) is 2. The summed E-state index contributed by atoms with van der Waals surface area (Å²) < 4.78 is 0. The van der Waals surface area contributed by atoms with Crippen molar-refractivity contribution in [2.24, 2.45) is 5.92 Å². The minimum Gasteiger partial charge on any atom is -0.353 e. The van der Waals surface area contributed by atoms with Gasteiger partial charge in [-0.15, -0.1) is 0 Å². The first-order valence-electron chi connectivity index (χ1n) is 7.84. The number of rotatable bonds is 3. The molecule has 3 rings (SSSR count). The van der Waals surface area contributed by atoms with E-state index in [9.17, 15) is 4.79 Å². The minimum atomic E-state index is -0.0381. The van der Waals surface area contributed by atoms with Gasteiger partial charge in [-0.25, -0.2) is 0 Å². The SMILES string of the molecule is C[C@H](NC(=O)C1CNCc2ccccc21)C1CCCC1. The van der Waals surface area contributed by atoms with Gasteiger partial charge in [0, 0.05) is 19.1 Å². The lowest BCUT2D eigenvalue weighted by Gasteiger charge is -2.28. The third-order valence-electron chi connectivity index (χ3n) is 4.89. The highest BCUT2D eigenvalue weighted by atomic mass is 16.2. The van der Waals surface area contributed by atoms with Gasteiger partial charge in [0.15, 0.2) is 0 Å². The van der Waals surface area contributed by atoms with Crippen LogP contribution in [0.3, 0.4) is 0 Å². The molecule has 1 aromatic rings. The monoisotopic (exact) mass is 272 g/mol. The minimum absolute atomic E-state index is 0.0381. The predicted molar refractivity (Wildman–Crippen MR) is 80.5 cm³/mol. The molecule has 2 N–H and O–H groups in total. The molecule has 0 saturated heterocycles. The molecule has 0 bridgehead atoms. The van der Waals surface area contributed by atoms with Crippen molar-refractivity contribution in [3.63, 3.8) is 0 Å². The molecular formula is C17H24N2O. The number of fused-ring (bicyclic) bond motifs is 1. The average molecular weight is 272 g/mol. The van der Waals surface area contributed by atoms with Crippen molar-refractivity contribution >= 4 is 5.91 Å². The fraction of sp³-hybridized carbons (Fsp3) is 0.588. The molecule has 1 saturated carbocycles. The van der Waals surface area contributed by atoms with Crippen LogP contribution in [0, 0.1) is 5.92 Å². The Bertz CT molecular complexity index is 480. The Morgan fingerprint density at radius 1 is 1.30 bits per heavy atom. The maximum atomic E-state index is 12.6. The summed E-state index contributed by atoms with van der Waals surface area (Å²) in [4.78, 5) is 12.6. The zero-order valence-electron chi connectivity index (χ0n) is 12.2. The summed E-state index contributed by atoms with van der Waals surface area (Å²) in [6, 6.07) is 8.59. The summed E-state index contributed by atoms with van der Waals surface area (Å²) >= 11 is 0. The second-order valence-corrected chi connectivity index (χ2v) is 6.22. The summed E-state index contributed by atoms with van der Waals surface area (Å²) in [5, 5.41) is 6.61. The van der Waals surface area contributed by atoms with Gasteiger partial charge < -0.3 is 10.6 Å². The van der Waals surface area contributed by atoms with E-state index < -0.39 is 0 Å². The van der Waals surface area contributed by atoms with E-state index in [-0.39, 0.29) is 11.8 Å². The van der Waals surface area contributed by atoms with E-state index in [4.69, 9.17) is 0 Å². The van der Waals surface area contributed by atoms with Crippen molar-refractivity contribution in [2.75, 3.05) is 6.54 Å². The van der Waals surface area contributed by atoms with Gasteiger partial charge in [0.25, 0.3) is 0 Å². The van der Waals surface area contributed by atoms with E-state index in [1.165, 1.54) is 36.8 Å². The van der Waals surface area contributed by atoms with Gasteiger partial charge in [-0.05, 0) is 36.8 Å². The summed E-state index contributed by atoms with van der Waals surface area (Å²) in [5.41, 5.74) is 2.45. The molecule has 1 amide bonds. The second kappa shape index (κ2) is 5.96. The largest absolute Gasteiger partial charge is 0.353 e. The van der Waals surface area contributed by atoms with Crippen LogP contribution in [0.15, 0.2) is 24.3 Å². The number of nitrogens with one attached hydrogen (secondary N) is 2. The van der Waals surface area contributed by atoms with Crippen LogP contribution in [0.1, 0.15) is 49.7 Å². The van der Waals surface area contributed by atoms with Crippen LogP contribution in [0.5, 0.6) is 0 Å². The van der Waals surface area contributed by atoms with Gasteiger partial charge in [0.1, 0.15) is 0 Å². The molecule has 3 nitrogen and oxygen atoms in total. The van der Waals surface area contributed by atoms with Crippen LogP contribution < -0.4 is 10.6 Å². The number of benzene rings is 1. The van der Waals surface area contributed by atoms with Crippen LogP contribution in [0.4, 0.5) is 0 Å². The number of carbonyl (C=O) groups excluding carboxylic acids is 1. The molecule has 1 unspecified atom stereocenters. The zero-order chi connectivity index (χ0) is 13.9. The zero-order valence-corrected chi connectivity index (χ0v) is 12.2. The van der Waals surface area contributed by atoms with E-state index in [0.717, 1.165) is 13.1 Å². The summed E-state index contributed by atoms with van der Waals surface area (Å²) in [6.07, 6.45) is 5.17. The molecule has 2 aliphatic rings. The molecule has 0 spiro atoms. The van der Waals surface area contributed by atoms with Crippen LogP contribution >= 0.6 is 0 Å². The van der Waals surface area contributed by atoms with Crippen molar-refractivity contribution in [1.29, 1.82) is 0 Å². The number of carbonyl (C=O) groups is 1. The molecule has 20 heavy (non-hydrogen) atoms. The van der Waals surface area contributed by atoms with Crippen molar-refractivity contribution in [3.05, 3.63) is 35.4 Å². The molecule has 108 valence electrons. The third kappa shape index (κ3) is 2.73. The van der Waals surface area contributed by atoms with Gasteiger partial charge in [0.05, 0.1) is 5.92 Å². The molecule has 3 heteroatoms. The van der Waals surface area contributed by atoms with Crippen molar-refractivity contribution in [3.8, 4) is 0 Å². The summed E-state index contributed by atoms with van der Waals surface area (Å²) in [6.45, 7) is 3.79. The maximum absolute atomic E-state index is 12.6. The normalized spacial score (nSPS) is 24.1. The fourth-order valence-electron chi connectivity index (χ4n) is 3.63. The Hall–Kier alpha value is -1.35. The van der Waals surface area contributed by atoms with Crippen LogP contribution in [-0.2, 0) is 11.3 Å². The van der Waals surface area contributed by atoms with E-state index in [1.54, 1.807) is 0 Å². The van der Waals surface area contributed by atoms with E-state index >= 15 is 0 Å². The molecule has 1 aromatic carbocycles. The van der Waals surface area contributed by atoms with Gasteiger partial charge in [0.2, 0.25) is 5.91 Å². The molecule has 0 aromatic heterocycles. The number of hydrogen-bond donors (Lipinski definition) is 2. The van der Waals surface area contributed by atoms with Crippen molar-refractivity contribution in [1.82, 2.24) is 10.6 Å². The molecule has 1 aliphatic heterocycles. The Morgan fingerprint density at radius 2 is 2.05 bits per heavy atom. The molecule has 1 heterocycles. The Morgan fingerprint density at radius 3 is 2.85 bits per heavy atom. The van der Waals surface area contributed by atoms with E-state index in [1.807, 2.05) is 12.1 Å². The van der Waals surface area contributed by atoms with Gasteiger partial charge >= 0.3 is 0 Å². The van der Waals surface area contributed by atoms with Crippen LogP contribution in [0.2, 0.25) is 0 Å². The summed E-state index contributed by atoms with van der Waals surface area (Å²) in [7, 11) is 0. The van der Waals surface area contributed by atoms with Crippen molar-refractivity contribution in [2.45, 2.75) is 51.1 Å². The molecule has 1 fully saturated rings. The first-order chi connectivity index (χ1) is 9.75. The van der Waals surface area contributed by atoms with Crippen molar-refractivity contribution < 1.29 is 4.79 Å². The lowest BCUT2D eigenvalue weighted by Crippen LogP contribution is -2.44. The highest BCUT2D eigenvalue weighted by Crippen LogP contribution is 2.29. The molecule has 1 aliphatic carbocycles. The molecule has 2 atom stereocenters. The highest BCUT2D eigenvalue weighted by Gasteiger charge is 2.29. The second-order valence-electron chi connectivity index (χ2n) is 6.22. The molecular weight excluding hydrogens is 248 g/mol. The average Bonchev–Trinajstić information content (AvgIpc) is 3.01. The standard InChI is InChI=1S/C17H24N2O/c1-12(13-6-2-3-7-13)19-17(20)16-11-18-10-14-8-4-5-9-15(14)16/h4-5,8-9,12-13,16,18H,2-3,6-7,10-11H2,1H3,(H,19,20)/t12-,16?/m0/s1. The van der Waals surface area contributed by atoms with E-state index in [0.29, 0.717) is 12.0 Å². The Kier molecular flexibility index (Phi) is 4.06. The first-order valence-corrected chi connectivity index (χ1v) is 7.84. The predicted octanol–water partition coefficient (Wildman–Crippen LogP) is 2.57. The first kappa shape index (κ1) is 13.6. The maximum Gasteiger partial charge on any atom is 0.229 e. The molecule has 0 radical (unpaired) electrons. The van der Waals surface area contributed by atoms with Gasteiger partial charge in [-0.3, -0.25) is 4.79 Å². The van der Waals surface area contributed by atoms with Gasteiger partial charge in [-0.2, -0.15) is 0 Å². The fourth-order valence-corrected chi connectivity index (χ4v) is 3.63. The number of amides is 1. The van der Waals surface area contributed by atoms with Crippen LogP contribution in [-0.4, -0.2) is 18.5 Å². The van der Waals surface area contributed by atoms with Gasteiger partial charge in [-0.1, -0.05) is 37.1 Å². The Balaban J connectivity index is 1.68. The quantitative estimate of drug-likeness (QED) is 0.888. The Labute approximate surface area is 121 Å². The smallest absolute Gasteiger partial charge is 0.229 e. The lowest BCUT2D eigenvalue weighted by molar-refractivity contribution is -0.123. The summed E-state index contributed by atoms with van der Waals surface area (Å²) in [5.74, 6) is 0.818. The van der Waals surface area contributed by atoms with E-state index in [2.05, 4.69) is 29.7 Å². The lowest BCUT2D eigenvalue weighted by atomic mass is 9.89. The van der Waals surface area contributed by atoms with Crippen LogP contribution in [0.25, 0.3) is 0 Å².